The Hall–Kier alpha value is -2.71. The van der Waals surface area contributed by atoms with Crippen LogP contribution in [0, 0.1) is 6.92 Å². The second-order valence-corrected chi connectivity index (χ2v) is 15.2. The molecule has 3 aromatic rings. The topological polar surface area (TPSA) is 109 Å². The van der Waals surface area contributed by atoms with Crippen LogP contribution in [-0.4, -0.2) is 41.8 Å². The molecule has 9 nitrogen and oxygen atoms in total. The normalized spacial score (nSPS) is 13.4. The average molecular weight is 701 g/mol. The maximum Gasteiger partial charge on any atom is 0.404 e. The Bertz CT molecular complexity index is 1500. The molecule has 0 saturated heterocycles. The van der Waals surface area contributed by atoms with Crippen LogP contribution >= 0.6 is 7.60 Å². The molecule has 0 bridgehead atoms. The second kappa shape index (κ2) is 23.7. The first kappa shape index (κ1) is 40.7. The Morgan fingerprint density at radius 2 is 1.35 bits per heavy atom. The van der Waals surface area contributed by atoms with Gasteiger partial charge in [0.15, 0.2) is 6.35 Å². The number of hydrogen-bond donors (Lipinski definition) is 1. The van der Waals surface area contributed by atoms with Crippen molar-refractivity contribution in [2.24, 2.45) is 0 Å². The largest absolute Gasteiger partial charge is 0.422 e. The first-order valence-corrected chi connectivity index (χ1v) is 20.4. The third kappa shape index (κ3) is 16.2. The van der Waals surface area contributed by atoms with E-state index < -0.39 is 24.9 Å². The number of H-pyrrole nitrogens is 1. The van der Waals surface area contributed by atoms with Crippen LogP contribution in [0.4, 0.5) is 0 Å². The molecule has 2 aromatic carbocycles. The maximum absolute atomic E-state index is 14.0. The highest BCUT2D eigenvalue weighted by molar-refractivity contribution is 7.54. The van der Waals surface area contributed by atoms with Crippen LogP contribution in [0.25, 0.3) is 10.8 Å². The highest BCUT2D eigenvalue weighted by Gasteiger charge is 2.29. The zero-order chi connectivity index (χ0) is 35.2. The monoisotopic (exact) mass is 700 g/mol. The van der Waals surface area contributed by atoms with Crippen LogP contribution in [0.3, 0.4) is 0 Å². The van der Waals surface area contributed by atoms with Gasteiger partial charge >= 0.3 is 13.3 Å². The lowest BCUT2D eigenvalue weighted by Crippen LogP contribution is -2.34. The number of ether oxygens (including phenoxy) is 2. The summed E-state index contributed by atoms with van der Waals surface area (Å²) in [6.07, 6.45) is 21.9. The molecular weight excluding hydrogens is 639 g/mol. The van der Waals surface area contributed by atoms with Gasteiger partial charge in [-0.2, -0.15) is 0 Å². The number of fused-ring (bicyclic) bond motifs is 1. The van der Waals surface area contributed by atoms with Crippen molar-refractivity contribution in [2.45, 2.75) is 136 Å². The molecule has 0 radical (unpaired) electrons. The van der Waals surface area contributed by atoms with Crippen molar-refractivity contribution < 1.29 is 23.1 Å². The molecule has 0 amide bonds. The molecule has 0 aliphatic rings. The first-order valence-electron chi connectivity index (χ1n) is 18.7. The van der Waals surface area contributed by atoms with Crippen molar-refractivity contribution in [1.82, 2.24) is 9.55 Å². The minimum Gasteiger partial charge on any atom is -0.422 e. The van der Waals surface area contributed by atoms with E-state index in [0.717, 1.165) is 23.6 Å². The van der Waals surface area contributed by atoms with E-state index in [1.807, 2.05) is 36.4 Å². The van der Waals surface area contributed by atoms with E-state index in [2.05, 4.69) is 11.9 Å². The van der Waals surface area contributed by atoms with Crippen molar-refractivity contribution in [3.63, 3.8) is 0 Å². The van der Waals surface area contributed by atoms with Gasteiger partial charge in [0.25, 0.3) is 5.56 Å². The van der Waals surface area contributed by atoms with Crippen molar-refractivity contribution in [3.8, 4) is 5.75 Å². The zero-order valence-corrected chi connectivity index (χ0v) is 31.2. The van der Waals surface area contributed by atoms with E-state index >= 15 is 0 Å². The molecule has 0 fully saturated rings. The Morgan fingerprint density at radius 1 is 0.755 bits per heavy atom. The van der Waals surface area contributed by atoms with Gasteiger partial charge in [-0.15, -0.1) is 0 Å². The standard InChI is InChI=1S/C39H61N2O7P/c1-4-5-6-7-8-9-10-11-12-13-14-15-16-17-18-21-27-45-28-29-47-49(44,48-37-26-22-24-35-23-19-20-25-36(35)37)32-46-34(3)31-41-30-33(2)38(42)40-39(41)43/h19-20,22-26,30,34H,4-18,21,27-29,31-32H2,1-3H3,(H,40,42,43). The minimum absolute atomic E-state index is 0.0945. The van der Waals surface area contributed by atoms with E-state index in [-0.39, 0.29) is 19.5 Å². The van der Waals surface area contributed by atoms with Gasteiger partial charge in [0.05, 0.1) is 25.9 Å². The van der Waals surface area contributed by atoms with Crippen molar-refractivity contribution >= 4 is 18.4 Å². The van der Waals surface area contributed by atoms with Gasteiger partial charge in [-0.25, -0.2) is 9.36 Å². The number of aromatic nitrogens is 2. The first-order chi connectivity index (χ1) is 23.8. The lowest BCUT2D eigenvalue weighted by Gasteiger charge is -2.22. The number of unbranched alkanes of at least 4 members (excludes halogenated alkanes) is 15. The van der Waals surface area contributed by atoms with Crippen LogP contribution < -0.4 is 15.8 Å². The van der Waals surface area contributed by atoms with E-state index in [4.69, 9.17) is 18.5 Å². The molecule has 0 saturated carbocycles. The van der Waals surface area contributed by atoms with Crippen LogP contribution in [0.2, 0.25) is 0 Å². The number of hydrogen-bond acceptors (Lipinski definition) is 7. The number of nitrogens with one attached hydrogen (secondary N) is 1. The molecule has 49 heavy (non-hydrogen) atoms. The summed E-state index contributed by atoms with van der Waals surface area (Å²) in [7, 11) is -3.77. The summed E-state index contributed by atoms with van der Waals surface area (Å²) >= 11 is 0. The second-order valence-electron chi connectivity index (χ2n) is 13.3. The highest BCUT2D eigenvalue weighted by atomic mass is 31.2. The Morgan fingerprint density at radius 3 is 2.00 bits per heavy atom. The molecule has 1 N–H and O–H groups in total. The van der Waals surface area contributed by atoms with E-state index in [1.165, 1.54) is 101 Å². The van der Waals surface area contributed by atoms with Crippen molar-refractivity contribution in [2.75, 3.05) is 26.2 Å². The van der Waals surface area contributed by atoms with Crippen LogP contribution in [0.1, 0.15) is 122 Å². The summed E-state index contributed by atoms with van der Waals surface area (Å²) in [5.74, 6) is 0.444. The van der Waals surface area contributed by atoms with Gasteiger partial charge in [-0.1, -0.05) is 140 Å². The van der Waals surface area contributed by atoms with Crippen molar-refractivity contribution in [3.05, 3.63) is 75.1 Å². The molecule has 1 aromatic heterocycles. The molecule has 2 unspecified atom stereocenters. The van der Waals surface area contributed by atoms with Gasteiger partial charge in [-0.05, 0) is 31.7 Å². The molecule has 0 aliphatic heterocycles. The van der Waals surface area contributed by atoms with E-state index in [9.17, 15) is 14.2 Å². The molecule has 2 atom stereocenters. The lowest BCUT2D eigenvalue weighted by molar-refractivity contribution is 0.0612. The summed E-state index contributed by atoms with van der Waals surface area (Å²) in [4.78, 5) is 26.3. The quantitative estimate of drug-likeness (QED) is 0.0593. The van der Waals surface area contributed by atoms with Gasteiger partial charge in [-0.3, -0.25) is 18.9 Å². The summed E-state index contributed by atoms with van der Waals surface area (Å²) in [5.41, 5.74) is -0.535. The Kier molecular flexibility index (Phi) is 19.7. The van der Waals surface area contributed by atoms with Crippen LogP contribution in [0.15, 0.2) is 58.3 Å². The number of aryl methyl sites for hydroxylation is 1. The zero-order valence-electron chi connectivity index (χ0n) is 30.3. The molecule has 1 heterocycles. The third-order valence-electron chi connectivity index (χ3n) is 8.80. The smallest absolute Gasteiger partial charge is 0.404 e. The summed E-state index contributed by atoms with van der Waals surface area (Å²) in [6, 6.07) is 13.3. The van der Waals surface area contributed by atoms with Crippen LogP contribution in [0.5, 0.6) is 5.75 Å². The third-order valence-corrected chi connectivity index (χ3v) is 10.3. The lowest BCUT2D eigenvalue weighted by atomic mass is 10.0. The summed E-state index contributed by atoms with van der Waals surface area (Å²) in [6.45, 7) is 6.85. The van der Waals surface area contributed by atoms with Gasteiger partial charge in [0, 0.05) is 23.8 Å². The predicted octanol–water partition coefficient (Wildman–Crippen LogP) is 9.93. The average Bonchev–Trinajstić information content (AvgIpc) is 3.09. The minimum atomic E-state index is -3.77. The van der Waals surface area contributed by atoms with E-state index in [0.29, 0.717) is 24.5 Å². The fourth-order valence-corrected chi connectivity index (χ4v) is 7.34. The summed E-state index contributed by atoms with van der Waals surface area (Å²) < 4.78 is 39.0. The highest BCUT2D eigenvalue weighted by Crippen LogP contribution is 2.50. The molecule has 0 aliphatic carbocycles. The van der Waals surface area contributed by atoms with Gasteiger partial charge < -0.3 is 14.0 Å². The predicted molar refractivity (Wildman–Crippen MR) is 200 cm³/mol. The molecule has 0 spiro atoms. The Labute approximate surface area is 293 Å². The fourth-order valence-electron chi connectivity index (χ4n) is 5.91. The number of aromatic amines is 1. The molecular formula is C39H61N2O7P. The van der Waals surface area contributed by atoms with Crippen LogP contribution in [-0.2, 0) is 25.1 Å². The maximum atomic E-state index is 14.0. The SMILES string of the molecule is CCCCCCCCCCCCCCCCCCOCCOP(=O)(COC(C)Cn1cc(C)c(=O)[nH]c1=O)Oc1cccc2ccccc12. The van der Waals surface area contributed by atoms with E-state index in [1.54, 1.807) is 19.9 Å². The van der Waals surface area contributed by atoms with Gasteiger partial charge in [0.1, 0.15) is 5.75 Å². The fraction of sp³-hybridized carbons (Fsp3) is 0.641. The van der Waals surface area contributed by atoms with Crippen molar-refractivity contribution in [1.29, 1.82) is 0 Å². The van der Waals surface area contributed by atoms with Gasteiger partial charge in [0.2, 0.25) is 0 Å². The molecule has 3 rings (SSSR count). The number of nitrogens with zero attached hydrogens (tertiary/aromatic N) is 1. The Balaban J connectivity index is 1.34. The number of benzene rings is 2. The number of rotatable bonds is 28. The summed E-state index contributed by atoms with van der Waals surface area (Å²) in [5, 5.41) is 1.77. The molecule has 10 heteroatoms. The molecule has 274 valence electrons.